The molecule has 0 spiro atoms. The zero-order valence-corrected chi connectivity index (χ0v) is 15.1. The van der Waals surface area contributed by atoms with Gasteiger partial charge in [-0.25, -0.2) is 4.79 Å². The van der Waals surface area contributed by atoms with E-state index in [4.69, 9.17) is 9.84 Å². The van der Waals surface area contributed by atoms with Gasteiger partial charge in [-0.1, -0.05) is 24.3 Å². The Kier molecular flexibility index (Phi) is 6.07. The normalized spacial score (nSPS) is 15.5. The standard InChI is InChI=1S/C19H26N2O4/c1-19(2,3)25-18(24)21-13-11-20(12-14-21)16-9-7-15(8-10-16)5-4-6-17(22)23/h4-5,7-10H,6,11-14H2,1-3H3,(H,22,23). The fourth-order valence-corrected chi connectivity index (χ4v) is 2.57. The van der Waals surface area contributed by atoms with E-state index in [0.29, 0.717) is 13.1 Å². The number of piperazine rings is 1. The molecular formula is C19H26N2O4. The monoisotopic (exact) mass is 346 g/mol. The van der Waals surface area contributed by atoms with E-state index in [-0.39, 0.29) is 12.5 Å². The number of hydrogen-bond acceptors (Lipinski definition) is 4. The van der Waals surface area contributed by atoms with Gasteiger partial charge in [0, 0.05) is 31.9 Å². The summed E-state index contributed by atoms with van der Waals surface area (Å²) >= 11 is 0. The minimum absolute atomic E-state index is 0.0222. The molecule has 0 radical (unpaired) electrons. The van der Waals surface area contributed by atoms with Crippen LogP contribution < -0.4 is 4.90 Å². The Morgan fingerprint density at radius 2 is 1.72 bits per heavy atom. The smallest absolute Gasteiger partial charge is 0.410 e. The first-order valence-corrected chi connectivity index (χ1v) is 8.46. The molecule has 136 valence electrons. The van der Waals surface area contributed by atoms with Crippen LogP contribution in [0.15, 0.2) is 30.3 Å². The van der Waals surface area contributed by atoms with E-state index in [1.54, 1.807) is 17.1 Å². The van der Waals surface area contributed by atoms with Crippen LogP contribution >= 0.6 is 0 Å². The van der Waals surface area contributed by atoms with Gasteiger partial charge >= 0.3 is 12.1 Å². The van der Waals surface area contributed by atoms with E-state index in [2.05, 4.69) is 4.90 Å². The Labute approximate surface area is 148 Å². The Hall–Kier alpha value is -2.50. The molecule has 0 aromatic heterocycles. The zero-order chi connectivity index (χ0) is 18.4. The minimum atomic E-state index is -0.837. The van der Waals surface area contributed by atoms with Gasteiger partial charge in [-0.3, -0.25) is 4.79 Å². The lowest BCUT2D eigenvalue weighted by molar-refractivity contribution is -0.135. The van der Waals surface area contributed by atoms with E-state index >= 15 is 0 Å². The van der Waals surface area contributed by atoms with Crippen LogP contribution in [0.25, 0.3) is 6.08 Å². The van der Waals surface area contributed by atoms with Gasteiger partial charge in [0.2, 0.25) is 0 Å². The summed E-state index contributed by atoms with van der Waals surface area (Å²) < 4.78 is 5.41. The summed E-state index contributed by atoms with van der Waals surface area (Å²) in [5, 5.41) is 8.63. The molecule has 1 saturated heterocycles. The average Bonchev–Trinajstić information content (AvgIpc) is 2.54. The molecule has 0 bridgehead atoms. The van der Waals surface area contributed by atoms with Crippen LogP contribution in [0.1, 0.15) is 32.8 Å². The molecule has 1 amide bonds. The number of carboxylic acid groups (broad SMARTS) is 1. The molecule has 0 atom stereocenters. The van der Waals surface area contributed by atoms with Crippen molar-refractivity contribution in [3.63, 3.8) is 0 Å². The number of rotatable bonds is 4. The quantitative estimate of drug-likeness (QED) is 0.906. The second kappa shape index (κ2) is 8.05. The van der Waals surface area contributed by atoms with Crippen molar-refractivity contribution in [2.24, 2.45) is 0 Å². The van der Waals surface area contributed by atoms with Gasteiger partial charge in [0.05, 0.1) is 6.42 Å². The van der Waals surface area contributed by atoms with Crippen LogP contribution in [0.4, 0.5) is 10.5 Å². The number of carboxylic acids is 1. The van der Waals surface area contributed by atoms with Gasteiger partial charge in [-0.05, 0) is 38.5 Å². The molecule has 25 heavy (non-hydrogen) atoms. The second-order valence-corrected chi connectivity index (χ2v) is 7.05. The molecule has 2 rings (SSSR count). The van der Waals surface area contributed by atoms with Gasteiger partial charge in [0.25, 0.3) is 0 Å². The Morgan fingerprint density at radius 3 is 2.24 bits per heavy atom. The highest BCUT2D eigenvalue weighted by molar-refractivity contribution is 5.70. The fourth-order valence-electron chi connectivity index (χ4n) is 2.57. The zero-order valence-electron chi connectivity index (χ0n) is 15.1. The number of ether oxygens (including phenoxy) is 1. The maximum atomic E-state index is 12.1. The van der Waals surface area contributed by atoms with Crippen molar-refractivity contribution < 1.29 is 19.4 Å². The van der Waals surface area contributed by atoms with Gasteiger partial charge in [0.1, 0.15) is 5.60 Å². The number of carbonyl (C=O) groups excluding carboxylic acids is 1. The van der Waals surface area contributed by atoms with Crippen molar-refractivity contribution in [1.29, 1.82) is 0 Å². The van der Waals surface area contributed by atoms with Crippen LogP contribution in [-0.2, 0) is 9.53 Å². The van der Waals surface area contributed by atoms with Crippen LogP contribution in [0.5, 0.6) is 0 Å². The SMILES string of the molecule is CC(C)(C)OC(=O)N1CCN(c2ccc(C=CCC(=O)O)cc2)CC1. The van der Waals surface area contributed by atoms with Crippen molar-refractivity contribution in [2.75, 3.05) is 31.1 Å². The van der Waals surface area contributed by atoms with Crippen LogP contribution in [-0.4, -0.2) is 53.8 Å². The molecule has 1 aliphatic rings. The second-order valence-electron chi connectivity index (χ2n) is 7.05. The number of anilines is 1. The molecule has 6 heteroatoms. The van der Waals surface area contributed by atoms with Crippen LogP contribution in [0.3, 0.4) is 0 Å². The predicted octanol–water partition coefficient (Wildman–Crippen LogP) is 3.23. The largest absolute Gasteiger partial charge is 0.481 e. The Bertz CT molecular complexity index is 624. The first-order valence-electron chi connectivity index (χ1n) is 8.46. The average molecular weight is 346 g/mol. The number of nitrogens with zero attached hydrogens (tertiary/aromatic N) is 2. The molecule has 6 nitrogen and oxygen atoms in total. The lowest BCUT2D eigenvalue weighted by Crippen LogP contribution is -2.50. The number of aliphatic carboxylic acids is 1. The van der Waals surface area contributed by atoms with Crippen molar-refractivity contribution in [1.82, 2.24) is 4.90 Å². The molecule has 1 N–H and O–H groups in total. The summed E-state index contributed by atoms with van der Waals surface area (Å²) in [6.45, 7) is 8.39. The predicted molar refractivity (Wildman–Crippen MR) is 97.7 cm³/mol. The van der Waals surface area contributed by atoms with Gasteiger partial charge < -0.3 is 19.6 Å². The molecule has 1 aliphatic heterocycles. The minimum Gasteiger partial charge on any atom is -0.481 e. The third-order valence-corrected chi connectivity index (χ3v) is 3.79. The Balaban J connectivity index is 1.87. The lowest BCUT2D eigenvalue weighted by Gasteiger charge is -2.36. The lowest BCUT2D eigenvalue weighted by atomic mass is 10.1. The number of amides is 1. The summed E-state index contributed by atoms with van der Waals surface area (Å²) in [7, 11) is 0. The molecule has 1 heterocycles. The molecular weight excluding hydrogens is 320 g/mol. The molecule has 0 unspecified atom stereocenters. The molecule has 0 aliphatic carbocycles. The first-order chi connectivity index (χ1) is 11.7. The van der Waals surface area contributed by atoms with E-state index in [1.165, 1.54) is 0 Å². The van der Waals surface area contributed by atoms with E-state index in [0.717, 1.165) is 24.3 Å². The summed E-state index contributed by atoms with van der Waals surface area (Å²) in [4.78, 5) is 26.6. The van der Waals surface area contributed by atoms with Crippen LogP contribution in [0, 0.1) is 0 Å². The number of hydrogen-bond donors (Lipinski definition) is 1. The summed E-state index contributed by atoms with van der Waals surface area (Å²) in [6, 6.07) is 7.97. The molecule has 1 fully saturated rings. The van der Waals surface area contributed by atoms with Crippen molar-refractivity contribution in [3.8, 4) is 0 Å². The molecule has 1 aromatic carbocycles. The van der Waals surface area contributed by atoms with Crippen molar-refractivity contribution in [3.05, 3.63) is 35.9 Å². The maximum Gasteiger partial charge on any atom is 0.410 e. The topological polar surface area (TPSA) is 70.1 Å². The number of carbonyl (C=O) groups is 2. The maximum absolute atomic E-state index is 12.1. The van der Waals surface area contributed by atoms with E-state index in [1.807, 2.05) is 45.0 Å². The first kappa shape index (κ1) is 18.8. The van der Waals surface area contributed by atoms with Crippen molar-refractivity contribution in [2.45, 2.75) is 32.8 Å². The highest BCUT2D eigenvalue weighted by Crippen LogP contribution is 2.19. The van der Waals surface area contributed by atoms with Crippen molar-refractivity contribution >= 4 is 23.8 Å². The fraction of sp³-hybridized carbons (Fsp3) is 0.474. The van der Waals surface area contributed by atoms with Gasteiger partial charge in [0.15, 0.2) is 0 Å². The van der Waals surface area contributed by atoms with E-state index in [9.17, 15) is 9.59 Å². The summed E-state index contributed by atoms with van der Waals surface area (Å²) in [6.07, 6.45) is 3.20. The molecule has 0 saturated carbocycles. The highest BCUT2D eigenvalue weighted by Gasteiger charge is 2.25. The Morgan fingerprint density at radius 1 is 1.12 bits per heavy atom. The third-order valence-electron chi connectivity index (χ3n) is 3.79. The molecule has 1 aromatic rings. The highest BCUT2D eigenvalue weighted by atomic mass is 16.6. The number of benzene rings is 1. The third kappa shape index (κ3) is 6.14. The van der Waals surface area contributed by atoms with Gasteiger partial charge in [-0.2, -0.15) is 0 Å². The summed E-state index contributed by atoms with van der Waals surface area (Å²) in [5.74, 6) is -0.837. The van der Waals surface area contributed by atoms with E-state index < -0.39 is 11.6 Å². The van der Waals surface area contributed by atoms with Crippen LogP contribution in [0.2, 0.25) is 0 Å². The van der Waals surface area contributed by atoms with Gasteiger partial charge in [-0.15, -0.1) is 0 Å². The summed E-state index contributed by atoms with van der Waals surface area (Å²) in [5.41, 5.74) is 1.59.